The van der Waals surface area contributed by atoms with Crippen molar-refractivity contribution in [3.63, 3.8) is 0 Å². The molecular formula is C19H27ClN4O3. The van der Waals surface area contributed by atoms with Crippen LogP contribution >= 0.6 is 12.4 Å². The number of nitrogens with one attached hydrogen (secondary N) is 3. The average molecular weight is 395 g/mol. The second kappa shape index (κ2) is 8.27. The van der Waals surface area contributed by atoms with E-state index in [1.165, 1.54) is 0 Å². The molecule has 0 aliphatic carbocycles. The number of carbonyl (C=O) groups is 3. The van der Waals surface area contributed by atoms with Crippen molar-refractivity contribution >= 4 is 30.3 Å². The first-order valence-electron chi connectivity index (χ1n) is 9.03. The number of amides is 4. The Hall–Kier alpha value is -2.12. The zero-order chi connectivity index (χ0) is 18.9. The minimum atomic E-state index is -1.14. The molecule has 1 aromatic carbocycles. The van der Waals surface area contributed by atoms with Gasteiger partial charge in [0.25, 0.3) is 5.91 Å². The number of nitrogens with zero attached hydrogens (tertiary/aromatic N) is 1. The molecule has 3 atom stereocenters. The molecular weight excluding hydrogens is 368 g/mol. The third kappa shape index (κ3) is 4.42. The molecule has 2 aliphatic rings. The van der Waals surface area contributed by atoms with Crippen LogP contribution in [0.3, 0.4) is 0 Å². The Bertz CT molecular complexity index is 724. The Morgan fingerprint density at radius 3 is 2.59 bits per heavy atom. The van der Waals surface area contributed by atoms with Gasteiger partial charge in [-0.05, 0) is 45.7 Å². The predicted molar refractivity (Wildman–Crippen MR) is 105 cm³/mol. The number of piperidine rings is 1. The predicted octanol–water partition coefficient (Wildman–Crippen LogP) is 1.44. The molecule has 0 radical (unpaired) electrons. The van der Waals surface area contributed by atoms with Crippen LogP contribution in [0.25, 0.3) is 0 Å². The number of halogens is 1. The normalized spacial score (nSPS) is 27.7. The van der Waals surface area contributed by atoms with Crippen LogP contribution in [0.4, 0.5) is 4.79 Å². The quantitative estimate of drug-likeness (QED) is 0.674. The number of urea groups is 1. The second-order valence-electron chi connectivity index (χ2n) is 7.46. The highest BCUT2D eigenvalue weighted by Crippen LogP contribution is 2.28. The van der Waals surface area contributed by atoms with Gasteiger partial charge in [-0.1, -0.05) is 29.8 Å². The maximum Gasteiger partial charge on any atom is 0.325 e. The van der Waals surface area contributed by atoms with Crippen molar-refractivity contribution in [3.05, 3.63) is 35.4 Å². The number of carbonyl (C=O) groups excluding carboxylic acids is 3. The third-order valence-corrected chi connectivity index (χ3v) is 5.19. The molecule has 0 spiro atoms. The van der Waals surface area contributed by atoms with Crippen LogP contribution in [-0.4, -0.2) is 47.9 Å². The van der Waals surface area contributed by atoms with E-state index in [9.17, 15) is 14.4 Å². The number of hydrogen-bond acceptors (Lipinski definition) is 4. The molecule has 0 bridgehead atoms. The van der Waals surface area contributed by atoms with Crippen LogP contribution in [0, 0.1) is 6.92 Å². The molecule has 27 heavy (non-hydrogen) atoms. The van der Waals surface area contributed by atoms with Crippen molar-refractivity contribution in [1.82, 2.24) is 20.9 Å². The Kier molecular flexibility index (Phi) is 6.49. The summed E-state index contributed by atoms with van der Waals surface area (Å²) in [5.74, 6) is -0.707. The molecule has 3 unspecified atom stereocenters. The van der Waals surface area contributed by atoms with Crippen LogP contribution in [0.15, 0.2) is 24.3 Å². The maximum atomic E-state index is 12.9. The van der Waals surface area contributed by atoms with E-state index in [1.54, 1.807) is 6.92 Å². The lowest BCUT2D eigenvalue weighted by molar-refractivity contribution is -0.135. The molecule has 3 N–H and O–H groups in total. The van der Waals surface area contributed by atoms with Gasteiger partial charge in [0.2, 0.25) is 5.91 Å². The first-order chi connectivity index (χ1) is 12.3. The third-order valence-electron chi connectivity index (χ3n) is 5.19. The summed E-state index contributed by atoms with van der Waals surface area (Å²) < 4.78 is 0. The van der Waals surface area contributed by atoms with Gasteiger partial charge in [0.1, 0.15) is 12.1 Å². The van der Waals surface area contributed by atoms with Crippen molar-refractivity contribution in [2.24, 2.45) is 0 Å². The molecule has 4 amide bonds. The van der Waals surface area contributed by atoms with Gasteiger partial charge in [0, 0.05) is 12.1 Å². The summed E-state index contributed by atoms with van der Waals surface area (Å²) in [7, 11) is 0. The van der Waals surface area contributed by atoms with Crippen molar-refractivity contribution in [2.75, 3.05) is 13.1 Å². The second-order valence-corrected chi connectivity index (χ2v) is 7.46. The first kappa shape index (κ1) is 21.2. The fourth-order valence-electron chi connectivity index (χ4n) is 3.60. The zero-order valence-corrected chi connectivity index (χ0v) is 16.7. The summed E-state index contributed by atoms with van der Waals surface area (Å²) in [6.45, 7) is 6.29. The lowest BCUT2D eigenvalue weighted by Crippen LogP contribution is -2.50. The molecule has 0 saturated carbocycles. The van der Waals surface area contributed by atoms with E-state index in [2.05, 4.69) is 22.9 Å². The Morgan fingerprint density at radius 2 is 1.96 bits per heavy atom. The van der Waals surface area contributed by atoms with Crippen molar-refractivity contribution in [2.45, 2.75) is 51.2 Å². The molecule has 2 aliphatic heterocycles. The average Bonchev–Trinajstić information content (AvgIpc) is 2.79. The lowest BCUT2D eigenvalue weighted by Gasteiger charge is -2.29. The fraction of sp³-hybridized carbons (Fsp3) is 0.526. The number of rotatable bonds is 4. The topological polar surface area (TPSA) is 90.5 Å². The van der Waals surface area contributed by atoms with Gasteiger partial charge in [0.05, 0.1) is 0 Å². The number of benzene rings is 1. The van der Waals surface area contributed by atoms with E-state index >= 15 is 0 Å². The number of aryl methyl sites for hydroxylation is 1. The molecule has 8 heteroatoms. The van der Waals surface area contributed by atoms with Crippen molar-refractivity contribution in [1.29, 1.82) is 0 Å². The molecule has 1 aromatic rings. The van der Waals surface area contributed by atoms with E-state index in [1.807, 2.05) is 31.2 Å². The van der Waals surface area contributed by atoms with E-state index in [0.29, 0.717) is 11.6 Å². The summed E-state index contributed by atoms with van der Waals surface area (Å²) in [6.07, 6.45) is 1.68. The van der Waals surface area contributed by atoms with Crippen molar-refractivity contribution < 1.29 is 14.4 Å². The minimum absolute atomic E-state index is 0. The summed E-state index contributed by atoms with van der Waals surface area (Å²) >= 11 is 0. The lowest BCUT2D eigenvalue weighted by atomic mass is 9.91. The summed E-state index contributed by atoms with van der Waals surface area (Å²) in [5.41, 5.74) is 0.632. The van der Waals surface area contributed by atoms with Crippen LogP contribution in [-0.2, 0) is 15.1 Å². The van der Waals surface area contributed by atoms with Crippen LogP contribution in [0.5, 0.6) is 0 Å². The smallest absolute Gasteiger partial charge is 0.325 e. The zero-order valence-electron chi connectivity index (χ0n) is 15.9. The van der Waals surface area contributed by atoms with E-state index in [0.717, 1.165) is 29.8 Å². The SMILES string of the molecule is Cc1ccc(C2(C)NC(=O)N(CC(=O)NC3CCNC(C)C3)C2=O)cc1.Cl. The van der Waals surface area contributed by atoms with Gasteiger partial charge in [0.15, 0.2) is 0 Å². The highest BCUT2D eigenvalue weighted by Gasteiger charge is 2.49. The number of hydrogen-bond donors (Lipinski definition) is 3. The van der Waals surface area contributed by atoms with Gasteiger partial charge in [-0.3, -0.25) is 14.5 Å². The van der Waals surface area contributed by atoms with E-state index in [4.69, 9.17) is 0 Å². The van der Waals surface area contributed by atoms with Gasteiger partial charge < -0.3 is 16.0 Å². The molecule has 0 aromatic heterocycles. The number of imide groups is 1. The monoisotopic (exact) mass is 394 g/mol. The van der Waals surface area contributed by atoms with E-state index < -0.39 is 17.5 Å². The molecule has 148 valence electrons. The van der Waals surface area contributed by atoms with Crippen LogP contribution < -0.4 is 16.0 Å². The standard InChI is InChI=1S/C19H26N4O3.ClH/c1-12-4-6-14(7-5-12)19(3)17(25)23(18(26)22-19)11-16(24)21-15-8-9-20-13(2)10-15;/h4-7,13,15,20H,8-11H2,1-3H3,(H,21,24)(H,22,26);1H. The molecule has 2 heterocycles. The fourth-order valence-corrected chi connectivity index (χ4v) is 3.60. The summed E-state index contributed by atoms with van der Waals surface area (Å²) in [5, 5.41) is 8.99. The minimum Gasteiger partial charge on any atom is -0.352 e. The van der Waals surface area contributed by atoms with E-state index in [-0.39, 0.29) is 30.9 Å². The summed E-state index contributed by atoms with van der Waals surface area (Å²) in [4.78, 5) is 38.5. The van der Waals surface area contributed by atoms with Gasteiger partial charge >= 0.3 is 6.03 Å². The Labute approximate surface area is 165 Å². The first-order valence-corrected chi connectivity index (χ1v) is 9.03. The molecule has 2 fully saturated rings. The van der Waals surface area contributed by atoms with Crippen LogP contribution in [0.2, 0.25) is 0 Å². The highest BCUT2D eigenvalue weighted by molar-refractivity contribution is 6.09. The summed E-state index contributed by atoms with van der Waals surface area (Å²) in [6, 6.07) is 7.33. The molecule has 7 nitrogen and oxygen atoms in total. The van der Waals surface area contributed by atoms with Gasteiger partial charge in [-0.2, -0.15) is 0 Å². The maximum absolute atomic E-state index is 12.9. The van der Waals surface area contributed by atoms with Gasteiger partial charge in [-0.15, -0.1) is 12.4 Å². The van der Waals surface area contributed by atoms with Crippen LogP contribution in [0.1, 0.15) is 37.8 Å². The largest absolute Gasteiger partial charge is 0.352 e. The van der Waals surface area contributed by atoms with Gasteiger partial charge in [-0.25, -0.2) is 4.79 Å². The molecule has 2 saturated heterocycles. The molecule has 3 rings (SSSR count). The highest BCUT2D eigenvalue weighted by atomic mass is 35.5. The van der Waals surface area contributed by atoms with Crippen molar-refractivity contribution in [3.8, 4) is 0 Å². The Balaban J connectivity index is 0.00000261. The Morgan fingerprint density at radius 1 is 1.30 bits per heavy atom.